The van der Waals surface area contributed by atoms with Crippen LogP contribution >= 0.6 is 0 Å². The number of rotatable bonds is 2. The SMILES string of the molecule is CN1CCC(Oc2[c]nccc2)CC1. The molecule has 1 aromatic rings. The zero-order chi connectivity index (χ0) is 9.80. The standard InChI is InChI=1S/C11H15N2O/c1-13-7-4-10(5-8-13)14-11-3-2-6-12-9-11/h2-3,6,10H,4-5,7-8H2,1H3. The van der Waals surface area contributed by atoms with E-state index >= 15 is 0 Å². The molecule has 1 saturated heterocycles. The Morgan fingerprint density at radius 3 is 2.93 bits per heavy atom. The van der Waals surface area contributed by atoms with Gasteiger partial charge < -0.3 is 9.64 Å². The topological polar surface area (TPSA) is 25.4 Å². The second-order valence-corrected chi connectivity index (χ2v) is 3.73. The molecule has 0 bridgehead atoms. The molecule has 0 saturated carbocycles. The van der Waals surface area contributed by atoms with Gasteiger partial charge in [0.25, 0.3) is 0 Å². The summed E-state index contributed by atoms with van der Waals surface area (Å²) in [5.41, 5.74) is 0. The van der Waals surface area contributed by atoms with Crippen molar-refractivity contribution in [1.29, 1.82) is 0 Å². The fraction of sp³-hybridized carbons (Fsp3) is 0.545. The first-order valence-corrected chi connectivity index (χ1v) is 5.02. The van der Waals surface area contributed by atoms with Crippen molar-refractivity contribution in [3.8, 4) is 5.75 Å². The summed E-state index contributed by atoms with van der Waals surface area (Å²) in [6.07, 6.45) is 7.08. The lowest BCUT2D eigenvalue weighted by atomic mass is 10.1. The van der Waals surface area contributed by atoms with Crippen LogP contribution in [-0.4, -0.2) is 36.1 Å². The first-order chi connectivity index (χ1) is 6.84. The van der Waals surface area contributed by atoms with Crippen LogP contribution in [0.4, 0.5) is 0 Å². The minimum atomic E-state index is 0.339. The summed E-state index contributed by atoms with van der Waals surface area (Å²) in [4.78, 5) is 6.23. The maximum atomic E-state index is 5.76. The monoisotopic (exact) mass is 191 g/mol. The van der Waals surface area contributed by atoms with Gasteiger partial charge in [0.1, 0.15) is 18.1 Å². The van der Waals surface area contributed by atoms with Gasteiger partial charge in [-0.05, 0) is 32.0 Å². The lowest BCUT2D eigenvalue weighted by Crippen LogP contribution is -2.35. The Labute approximate surface area is 84.7 Å². The molecule has 14 heavy (non-hydrogen) atoms. The summed E-state index contributed by atoms with van der Waals surface area (Å²) >= 11 is 0. The third-order valence-electron chi connectivity index (χ3n) is 2.54. The molecule has 0 amide bonds. The van der Waals surface area contributed by atoms with Gasteiger partial charge in [0.2, 0.25) is 0 Å². The Morgan fingerprint density at radius 2 is 2.29 bits per heavy atom. The molecule has 0 N–H and O–H groups in total. The molecule has 1 fully saturated rings. The van der Waals surface area contributed by atoms with Crippen LogP contribution in [0.5, 0.6) is 5.75 Å². The third kappa shape index (κ3) is 2.45. The van der Waals surface area contributed by atoms with Crippen LogP contribution in [-0.2, 0) is 0 Å². The van der Waals surface area contributed by atoms with Crippen molar-refractivity contribution in [3.05, 3.63) is 24.5 Å². The molecule has 1 aliphatic rings. The summed E-state index contributed by atoms with van der Waals surface area (Å²) in [5.74, 6) is 0.766. The number of ether oxygens (including phenoxy) is 1. The molecule has 0 unspecified atom stereocenters. The van der Waals surface area contributed by atoms with E-state index < -0.39 is 0 Å². The molecule has 3 nitrogen and oxygen atoms in total. The van der Waals surface area contributed by atoms with E-state index in [2.05, 4.69) is 23.1 Å². The minimum Gasteiger partial charge on any atom is -0.488 e. The van der Waals surface area contributed by atoms with Crippen LogP contribution < -0.4 is 4.74 Å². The van der Waals surface area contributed by atoms with Gasteiger partial charge in [-0.3, -0.25) is 4.98 Å². The molecule has 1 aliphatic heterocycles. The van der Waals surface area contributed by atoms with E-state index in [1.54, 1.807) is 6.20 Å². The summed E-state index contributed by atoms with van der Waals surface area (Å²) in [5, 5.41) is 0. The average molecular weight is 191 g/mol. The molecule has 2 heterocycles. The highest BCUT2D eigenvalue weighted by Gasteiger charge is 2.17. The molecule has 0 aliphatic carbocycles. The maximum absolute atomic E-state index is 5.76. The number of nitrogens with zero attached hydrogens (tertiary/aromatic N) is 2. The Bertz CT molecular complexity index is 268. The van der Waals surface area contributed by atoms with E-state index in [4.69, 9.17) is 4.74 Å². The van der Waals surface area contributed by atoms with Crippen molar-refractivity contribution in [2.75, 3.05) is 20.1 Å². The largest absolute Gasteiger partial charge is 0.488 e. The molecular formula is C11H15N2O. The first-order valence-electron chi connectivity index (χ1n) is 5.02. The van der Waals surface area contributed by atoms with Gasteiger partial charge in [-0.1, -0.05) is 0 Å². The van der Waals surface area contributed by atoms with Crippen molar-refractivity contribution in [2.24, 2.45) is 0 Å². The van der Waals surface area contributed by atoms with Gasteiger partial charge >= 0.3 is 0 Å². The molecule has 3 heteroatoms. The van der Waals surface area contributed by atoms with Crippen LogP contribution in [0, 0.1) is 6.20 Å². The highest BCUT2D eigenvalue weighted by molar-refractivity contribution is 5.14. The molecule has 75 valence electrons. The Morgan fingerprint density at radius 1 is 1.50 bits per heavy atom. The predicted molar refractivity (Wildman–Crippen MR) is 54.2 cm³/mol. The molecule has 1 aromatic heterocycles. The van der Waals surface area contributed by atoms with Crippen molar-refractivity contribution < 1.29 is 4.74 Å². The molecule has 0 atom stereocenters. The van der Waals surface area contributed by atoms with Crippen LogP contribution in [0.15, 0.2) is 18.3 Å². The number of hydrogen-bond acceptors (Lipinski definition) is 3. The third-order valence-corrected chi connectivity index (χ3v) is 2.54. The van der Waals surface area contributed by atoms with E-state index in [-0.39, 0.29) is 0 Å². The van der Waals surface area contributed by atoms with E-state index in [1.807, 2.05) is 12.1 Å². The van der Waals surface area contributed by atoms with Crippen molar-refractivity contribution in [3.63, 3.8) is 0 Å². The van der Waals surface area contributed by atoms with Crippen molar-refractivity contribution >= 4 is 0 Å². The average Bonchev–Trinajstić information content (AvgIpc) is 2.23. The van der Waals surface area contributed by atoms with Crippen molar-refractivity contribution in [1.82, 2.24) is 9.88 Å². The quantitative estimate of drug-likeness (QED) is 0.705. The van der Waals surface area contributed by atoms with E-state index in [0.29, 0.717) is 6.10 Å². The van der Waals surface area contributed by atoms with Gasteiger partial charge in [-0.25, -0.2) is 0 Å². The second kappa shape index (κ2) is 4.42. The lowest BCUT2D eigenvalue weighted by Gasteiger charge is -2.29. The Hall–Kier alpha value is -1.09. The number of piperidine rings is 1. The zero-order valence-corrected chi connectivity index (χ0v) is 8.44. The van der Waals surface area contributed by atoms with Gasteiger partial charge in [0.15, 0.2) is 0 Å². The van der Waals surface area contributed by atoms with Crippen LogP contribution in [0.25, 0.3) is 0 Å². The number of aromatic nitrogens is 1. The summed E-state index contributed by atoms with van der Waals surface area (Å²) in [6, 6.07) is 3.78. The van der Waals surface area contributed by atoms with Crippen molar-refractivity contribution in [2.45, 2.75) is 18.9 Å². The summed E-state index contributed by atoms with van der Waals surface area (Å²) in [6.45, 7) is 2.23. The molecule has 2 rings (SSSR count). The van der Waals surface area contributed by atoms with E-state index in [1.165, 1.54) is 0 Å². The highest BCUT2D eigenvalue weighted by atomic mass is 16.5. The van der Waals surface area contributed by atoms with Gasteiger partial charge in [-0.15, -0.1) is 0 Å². The van der Waals surface area contributed by atoms with E-state index in [0.717, 1.165) is 31.7 Å². The normalized spacial score (nSPS) is 19.5. The smallest absolute Gasteiger partial charge is 0.147 e. The lowest BCUT2D eigenvalue weighted by molar-refractivity contribution is 0.113. The van der Waals surface area contributed by atoms with Gasteiger partial charge in [0.05, 0.1) is 0 Å². The van der Waals surface area contributed by atoms with E-state index in [9.17, 15) is 0 Å². The highest BCUT2D eigenvalue weighted by Crippen LogP contribution is 2.16. The first kappa shape index (κ1) is 9.46. The fourth-order valence-corrected chi connectivity index (χ4v) is 1.66. The van der Waals surface area contributed by atoms with Gasteiger partial charge in [0, 0.05) is 19.3 Å². The molecule has 0 aromatic carbocycles. The maximum Gasteiger partial charge on any atom is 0.147 e. The molecular weight excluding hydrogens is 176 g/mol. The zero-order valence-electron chi connectivity index (χ0n) is 8.44. The second-order valence-electron chi connectivity index (χ2n) is 3.73. The number of likely N-dealkylation sites (tertiary alicyclic amines) is 1. The predicted octanol–water partition coefficient (Wildman–Crippen LogP) is 1.35. The Balaban J connectivity index is 1.87. The van der Waals surface area contributed by atoms with Crippen LogP contribution in [0.2, 0.25) is 0 Å². The molecule has 0 spiro atoms. The summed E-state index contributed by atoms with van der Waals surface area (Å²) in [7, 11) is 2.15. The fourth-order valence-electron chi connectivity index (χ4n) is 1.66. The van der Waals surface area contributed by atoms with Gasteiger partial charge in [-0.2, -0.15) is 0 Å². The number of hydrogen-bond donors (Lipinski definition) is 0. The summed E-state index contributed by atoms with van der Waals surface area (Å²) < 4.78 is 5.76. The Kier molecular flexibility index (Phi) is 2.99. The minimum absolute atomic E-state index is 0.339. The molecule has 1 radical (unpaired) electrons. The van der Waals surface area contributed by atoms with Crippen LogP contribution in [0.3, 0.4) is 0 Å². The number of pyridine rings is 1. The van der Waals surface area contributed by atoms with Crippen LogP contribution in [0.1, 0.15) is 12.8 Å².